The number of rotatable bonds is 4. The van der Waals surface area contributed by atoms with Crippen molar-refractivity contribution >= 4 is 22.6 Å². The van der Waals surface area contributed by atoms with Gasteiger partial charge in [0.15, 0.2) is 0 Å². The second-order valence-electron chi connectivity index (χ2n) is 6.78. The maximum absolute atomic E-state index is 13.4. The van der Waals surface area contributed by atoms with Crippen LogP contribution in [0.3, 0.4) is 0 Å². The van der Waals surface area contributed by atoms with Gasteiger partial charge in [-0.1, -0.05) is 31.2 Å². The number of nitrogens with one attached hydrogen (secondary N) is 1. The molecule has 1 atom stereocenters. The van der Waals surface area contributed by atoms with Crippen LogP contribution < -0.4 is 10.9 Å². The average molecular weight is 403 g/mol. The zero-order valence-corrected chi connectivity index (χ0v) is 16.2. The number of para-hydroxylation sites is 2. The van der Waals surface area contributed by atoms with Gasteiger partial charge in [0.05, 0.1) is 11.0 Å². The summed E-state index contributed by atoms with van der Waals surface area (Å²) in [4.78, 5) is 29.2. The lowest BCUT2D eigenvalue weighted by molar-refractivity contribution is -0.142. The summed E-state index contributed by atoms with van der Waals surface area (Å²) in [6.07, 6.45) is -4.80. The highest BCUT2D eigenvalue weighted by atomic mass is 19.4. The second kappa shape index (κ2) is 7.69. The number of alkyl halides is 3. The van der Waals surface area contributed by atoms with Gasteiger partial charge in [0, 0.05) is 5.69 Å². The van der Waals surface area contributed by atoms with E-state index in [0.717, 1.165) is 15.7 Å². The minimum Gasteiger partial charge on any atom is -0.324 e. The predicted octanol–water partition coefficient (Wildman–Crippen LogP) is 4.62. The number of carbonyl (C=O) groups is 1. The average Bonchev–Trinajstić information content (AvgIpc) is 2.66. The Bertz CT molecular complexity index is 1140. The molecule has 2 aromatic carbocycles. The van der Waals surface area contributed by atoms with Crippen molar-refractivity contribution in [2.24, 2.45) is 0 Å². The lowest BCUT2D eigenvalue weighted by Gasteiger charge is -2.22. The van der Waals surface area contributed by atoms with Gasteiger partial charge >= 0.3 is 6.18 Å². The molecule has 152 valence electrons. The molecule has 29 heavy (non-hydrogen) atoms. The van der Waals surface area contributed by atoms with Crippen molar-refractivity contribution in [1.82, 2.24) is 9.55 Å². The fourth-order valence-electron chi connectivity index (χ4n) is 3.24. The van der Waals surface area contributed by atoms with Crippen LogP contribution >= 0.6 is 0 Å². The predicted molar refractivity (Wildman–Crippen MR) is 105 cm³/mol. The van der Waals surface area contributed by atoms with Gasteiger partial charge in [0.25, 0.3) is 5.56 Å². The van der Waals surface area contributed by atoms with Crippen molar-refractivity contribution in [3.8, 4) is 0 Å². The monoisotopic (exact) mass is 403 g/mol. The van der Waals surface area contributed by atoms with Gasteiger partial charge in [-0.15, -0.1) is 0 Å². The maximum Gasteiger partial charge on any atom is 0.438 e. The molecule has 0 unspecified atom stereocenters. The minimum atomic E-state index is -4.93. The Hall–Kier alpha value is -3.16. The summed E-state index contributed by atoms with van der Waals surface area (Å²) < 4.78 is 41.1. The van der Waals surface area contributed by atoms with Gasteiger partial charge in [-0.25, -0.2) is 4.98 Å². The number of fused-ring (bicyclic) bond motifs is 1. The maximum atomic E-state index is 13.4. The molecule has 1 heterocycles. The number of hydrogen-bond acceptors (Lipinski definition) is 3. The number of nitrogens with zero attached hydrogens (tertiary/aromatic N) is 2. The first-order chi connectivity index (χ1) is 13.6. The van der Waals surface area contributed by atoms with Crippen LogP contribution in [-0.4, -0.2) is 15.5 Å². The lowest BCUT2D eigenvalue weighted by Crippen LogP contribution is -2.37. The fraction of sp³-hybridized carbons (Fsp3) is 0.286. The van der Waals surface area contributed by atoms with Gasteiger partial charge in [0.2, 0.25) is 11.6 Å². The van der Waals surface area contributed by atoms with Crippen LogP contribution in [0.15, 0.2) is 47.3 Å². The minimum absolute atomic E-state index is 0.00240. The number of amides is 1. The van der Waals surface area contributed by atoms with Crippen molar-refractivity contribution in [1.29, 1.82) is 0 Å². The van der Waals surface area contributed by atoms with Crippen LogP contribution in [0, 0.1) is 13.8 Å². The SMILES string of the molecule is CC[C@H](C(=O)Nc1cccc(C)c1C)n1c(=O)c(C(F)(F)F)nc2ccccc21. The van der Waals surface area contributed by atoms with Crippen molar-refractivity contribution in [3.05, 3.63) is 69.6 Å². The molecule has 0 radical (unpaired) electrons. The zero-order chi connectivity index (χ0) is 21.3. The van der Waals surface area contributed by atoms with Gasteiger partial charge in [-0.2, -0.15) is 13.2 Å². The third kappa shape index (κ3) is 3.87. The van der Waals surface area contributed by atoms with E-state index in [9.17, 15) is 22.8 Å². The summed E-state index contributed by atoms with van der Waals surface area (Å²) in [6, 6.07) is 10.2. The lowest BCUT2D eigenvalue weighted by atomic mass is 10.1. The van der Waals surface area contributed by atoms with Crippen LogP contribution in [0.4, 0.5) is 18.9 Å². The Labute approximate surface area is 165 Å². The Morgan fingerprint density at radius 1 is 1.14 bits per heavy atom. The molecule has 0 fully saturated rings. The van der Waals surface area contributed by atoms with E-state index >= 15 is 0 Å². The first-order valence-electron chi connectivity index (χ1n) is 9.10. The molecule has 8 heteroatoms. The molecule has 1 N–H and O–H groups in total. The van der Waals surface area contributed by atoms with E-state index in [2.05, 4.69) is 10.3 Å². The molecule has 0 spiro atoms. The first-order valence-corrected chi connectivity index (χ1v) is 9.10. The highest BCUT2D eigenvalue weighted by molar-refractivity contribution is 5.95. The summed E-state index contributed by atoms with van der Waals surface area (Å²) >= 11 is 0. The van der Waals surface area contributed by atoms with Crippen LogP contribution in [0.1, 0.15) is 36.2 Å². The molecule has 1 aromatic heterocycles. The van der Waals surface area contributed by atoms with E-state index < -0.39 is 29.4 Å². The number of hydrogen-bond donors (Lipinski definition) is 1. The molecule has 0 bridgehead atoms. The Balaban J connectivity index is 2.16. The molecular weight excluding hydrogens is 383 g/mol. The fourth-order valence-corrected chi connectivity index (χ4v) is 3.24. The molecule has 3 aromatic rings. The molecule has 0 saturated heterocycles. The van der Waals surface area contributed by atoms with Crippen LogP contribution in [-0.2, 0) is 11.0 Å². The van der Waals surface area contributed by atoms with E-state index in [1.807, 2.05) is 19.9 Å². The summed E-state index contributed by atoms with van der Waals surface area (Å²) in [5.74, 6) is -0.562. The Morgan fingerprint density at radius 2 is 1.83 bits per heavy atom. The number of carbonyl (C=O) groups excluding carboxylic acids is 1. The topological polar surface area (TPSA) is 64.0 Å². The van der Waals surface area contributed by atoms with Gasteiger partial charge in [-0.3, -0.25) is 14.2 Å². The number of halogens is 3. The highest BCUT2D eigenvalue weighted by Gasteiger charge is 2.38. The third-order valence-corrected chi connectivity index (χ3v) is 4.93. The van der Waals surface area contributed by atoms with Gasteiger partial charge in [0.1, 0.15) is 6.04 Å². The zero-order valence-electron chi connectivity index (χ0n) is 16.2. The normalized spacial score (nSPS) is 12.8. The van der Waals surface area contributed by atoms with Crippen molar-refractivity contribution < 1.29 is 18.0 Å². The van der Waals surface area contributed by atoms with E-state index in [1.54, 1.807) is 25.1 Å². The largest absolute Gasteiger partial charge is 0.438 e. The van der Waals surface area contributed by atoms with E-state index in [1.165, 1.54) is 18.2 Å². The Morgan fingerprint density at radius 3 is 2.48 bits per heavy atom. The van der Waals surface area contributed by atoms with Crippen molar-refractivity contribution in [3.63, 3.8) is 0 Å². The highest BCUT2D eigenvalue weighted by Crippen LogP contribution is 2.28. The quantitative estimate of drug-likeness (QED) is 0.691. The number of aryl methyl sites for hydroxylation is 1. The summed E-state index contributed by atoms with van der Waals surface area (Å²) in [5, 5.41) is 2.75. The van der Waals surface area contributed by atoms with Crippen LogP contribution in [0.25, 0.3) is 11.0 Å². The van der Waals surface area contributed by atoms with Crippen LogP contribution in [0.2, 0.25) is 0 Å². The van der Waals surface area contributed by atoms with Crippen molar-refractivity contribution in [2.75, 3.05) is 5.32 Å². The molecule has 0 aliphatic rings. The van der Waals surface area contributed by atoms with E-state index in [4.69, 9.17) is 0 Å². The second-order valence-corrected chi connectivity index (χ2v) is 6.78. The summed E-state index contributed by atoms with van der Waals surface area (Å²) in [6.45, 7) is 5.36. The molecule has 0 aliphatic heterocycles. The summed E-state index contributed by atoms with van der Waals surface area (Å²) in [5.41, 5.74) is -0.338. The number of benzene rings is 2. The van der Waals surface area contributed by atoms with Gasteiger partial charge < -0.3 is 5.32 Å². The first kappa shape index (κ1) is 20.6. The molecule has 3 rings (SSSR count). The van der Waals surface area contributed by atoms with Crippen molar-refractivity contribution in [2.45, 2.75) is 39.4 Å². The number of anilines is 1. The molecule has 5 nitrogen and oxygen atoms in total. The molecule has 0 aliphatic carbocycles. The smallest absolute Gasteiger partial charge is 0.324 e. The molecule has 1 amide bonds. The van der Waals surface area contributed by atoms with E-state index in [-0.39, 0.29) is 17.5 Å². The molecular formula is C21H20F3N3O2. The standard InChI is InChI=1S/C21H20F3N3O2/c1-4-16(19(28)26-14-10-7-8-12(2)13(14)3)27-17-11-6-5-9-15(17)25-18(20(27)29)21(22,23)24/h5-11,16H,4H2,1-3H3,(H,26,28)/t16-/m1/s1. The van der Waals surface area contributed by atoms with Gasteiger partial charge in [-0.05, 0) is 49.6 Å². The third-order valence-electron chi connectivity index (χ3n) is 4.93. The number of aromatic nitrogens is 2. The molecule has 0 saturated carbocycles. The van der Waals surface area contributed by atoms with E-state index in [0.29, 0.717) is 5.69 Å². The van der Waals surface area contributed by atoms with Crippen LogP contribution in [0.5, 0.6) is 0 Å². The Kier molecular flexibility index (Phi) is 5.46. The summed E-state index contributed by atoms with van der Waals surface area (Å²) in [7, 11) is 0.